The van der Waals surface area contributed by atoms with E-state index < -0.39 is 0 Å². The molecule has 0 fully saturated rings. The highest BCUT2D eigenvalue weighted by Gasteiger charge is 2.09. The maximum atomic E-state index is 11.8. The maximum Gasteiger partial charge on any atom is 0.271 e. The Kier molecular flexibility index (Phi) is 6.37. The molecular weight excluding hydrogens is 329 g/mol. The summed E-state index contributed by atoms with van der Waals surface area (Å²) in [6.07, 6.45) is 0. The van der Waals surface area contributed by atoms with E-state index in [-0.39, 0.29) is 18.3 Å². The van der Waals surface area contributed by atoms with Crippen LogP contribution in [0.25, 0.3) is 0 Å². The largest absolute Gasteiger partial charge is 0.273 e. The van der Waals surface area contributed by atoms with Crippen LogP contribution in [-0.4, -0.2) is 10.9 Å². The van der Waals surface area contributed by atoms with Crippen molar-refractivity contribution in [3.05, 3.63) is 45.9 Å². The van der Waals surface area contributed by atoms with E-state index in [9.17, 15) is 4.79 Å². The van der Waals surface area contributed by atoms with Crippen LogP contribution in [0, 0.1) is 0 Å². The highest BCUT2D eigenvalue weighted by atomic mass is 35.5. The summed E-state index contributed by atoms with van der Waals surface area (Å²) >= 11 is 12.9. The standard InChI is InChI=1S/C11H9Cl2N3OS.ClH/c12-5-7-6-18-11(14-7)16-15-10(17)8-3-1-2-4-9(8)13;/h1-4,6H,5H2,(H,14,16)(H,15,17);1H. The lowest BCUT2D eigenvalue weighted by Crippen LogP contribution is -2.29. The van der Waals surface area contributed by atoms with Crippen molar-refractivity contribution >= 4 is 58.0 Å². The van der Waals surface area contributed by atoms with Crippen LogP contribution in [0.4, 0.5) is 5.13 Å². The molecule has 2 N–H and O–H groups in total. The Morgan fingerprint density at radius 1 is 1.37 bits per heavy atom. The average molecular weight is 339 g/mol. The molecule has 0 spiro atoms. The Labute approximate surface area is 130 Å². The van der Waals surface area contributed by atoms with Gasteiger partial charge < -0.3 is 0 Å². The molecule has 0 atom stereocenters. The van der Waals surface area contributed by atoms with Gasteiger partial charge in [-0.15, -0.1) is 35.3 Å². The average Bonchev–Trinajstić information content (AvgIpc) is 2.84. The number of carbonyl (C=O) groups is 1. The molecule has 8 heteroatoms. The second-order valence-corrected chi connectivity index (χ2v) is 4.87. The van der Waals surface area contributed by atoms with Crippen molar-refractivity contribution in [2.75, 3.05) is 5.43 Å². The summed E-state index contributed by atoms with van der Waals surface area (Å²) in [7, 11) is 0. The minimum absolute atomic E-state index is 0. The molecule has 0 bridgehead atoms. The quantitative estimate of drug-likeness (QED) is 0.660. The molecule has 0 aliphatic heterocycles. The lowest BCUT2D eigenvalue weighted by Gasteiger charge is -2.06. The molecule has 0 aliphatic rings. The summed E-state index contributed by atoms with van der Waals surface area (Å²) in [6, 6.07) is 6.81. The van der Waals surface area contributed by atoms with Crippen LogP contribution >= 0.6 is 46.9 Å². The van der Waals surface area contributed by atoms with Gasteiger partial charge in [0.2, 0.25) is 5.13 Å². The van der Waals surface area contributed by atoms with Gasteiger partial charge in [-0.25, -0.2) is 4.98 Å². The molecule has 1 amide bonds. The number of alkyl halides is 1. The SMILES string of the molecule is Cl.O=C(NNc1nc(CCl)cs1)c1ccccc1Cl. The minimum Gasteiger partial charge on any atom is -0.273 e. The smallest absolute Gasteiger partial charge is 0.271 e. The molecule has 0 radical (unpaired) electrons. The minimum atomic E-state index is -0.316. The number of benzene rings is 1. The fourth-order valence-corrected chi connectivity index (χ4v) is 2.36. The van der Waals surface area contributed by atoms with Crippen molar-refractivity contribution < 1.29 is 4.79 Å². The molecule has 1 heterocycles. The van der Waals surface area contributed by atoms with Crippen LogP contribution in [0.3, 0.4) is 0 Å². The number of nitrogens with one attached hydrogen (secondary N) is 2. The lowest BCUT2D eigenvalue weighted by atomic mass is 10.2. The Morgan fingerprint density at radius 2 is 2.11 bits per heavy atom. The fourth-order valence-electron chi connectivity index (χ4n) is 1.25. The van der Waals surface area contributed by atoms with Gasteiger partial charge in [-0.3, -0.25) is 15.6 Å². The Balaban J connectivity index is 0.00000180. The zero-order chi connectivity index (χ0) is 13.0. The summed E-state index contributed by atoms with van der Waals surface area (Å²) in [5, 5.41) is 2.79. The third-order valence-corrected chi connectivity index (χ3v) is 3.50. The number of hydrazine groups is 1. The van der Waals surface area contributed by atoms with Crippen LogP contribution in [0.5, 0.6) is 0 Å². The highest BCUT2D eigenvalue weighted by Crippen LogP contribution is 2.17. The fraction of sp³-hybridized carbons (Fsp3) is 0.0909. The van der Waals surface area contributed by atoms with E-state index in [2.05, 4.69) is 15.8 Å². The third-order valence-electron chi connectivity index (χ3n) is 2.09. The van der Waals surface area contributed by atoms with Gasteiger partial charge >= 0.3 is 0 Å². The van der Waals surface area contributed by atoms with Crippen LogP contribution in [0.2, 0.25) is 5.02 Å². The molecule has 0 saturated heterocycles. The maximum absolute atomic E-state index is 11.8. The summed E-state index contributed by atoms with van der Waals surface area (Å²) in [5.41, 5.74) is 6.40. The van der Waals surface area contributed by atoms with Crippen LogP contribution in [0.15, 0.2) is 29.6 Å². The number of nitrogens with zero attached hydrogens (tertiary/aromatic N) is 1. The molecule has 19 heavy (non-hydrogen) atoms. The molecular formula is C11H10Cl3N3OS. The van der Waals surface area contributed by atoms with Crippen molar-refractivity contribution in [2.24, 2.45) is 0 Å². The zero-order valence-electron chi connectivity index (χ0n) is 9.52. The second-order valence-electron chi connectivity index (χ2n) is 3.34. The summed E-state index contributed by atoms with van der Waals surface area (Å²) < 4.78 is 0. The first-order valence-corrected chi connectivity index (χ1v) is 6.81. The summed E-state index contributed by atoms with van der Waals surface area (Å²) in [4.78, 5) is 16.0. The predicted octanol–water partition coefficient (Wildman–Crippen LogP) is 3.71. The molecule has 2 aromatic rings. The summed E-state index contributed by atoms with van der Waals surface area (Å²) in [6.45, 7) is 0. The number of rotatable bonds is 4. The number of amides is 1. The first-order valence-electron chi connectivity index (χ1n) is 5.02. The number of hydrogen-bond acceptors (Lipinski definition) is 4. The van der Waals surface area contributed by atoms with E-state index in [1.165, 1.54) is 11.3 Å². The predicted molar refractivity (Wildman–Crippen MR) is 81.5 cm³/mol. The van der Waals surface area contributed by atoms with Gasteiger partial charge in [-0.1, -0.05) is 23.7 Å². The number of thiazole rings is 1. The summed E-state index contributed by atoms with van der Waals surface area (Å²) in [5.74, 6) is 0.0274. The van der Waals surface area contributed by atoms with Gasteiger partial charge in [-0.2, -0.15) is 0 Å². The zero-order valence-corrected chi connectivity index (χ0v) is 12.7. The van der Waals surface area contributed by atoms with E-state index in [1.807, 2.05) is 5.38 Å². The monoisotopic (exact) mass is 337 g/mol. The Hall–Kier alpha value is -1.01. The molecule has 0 aliphatic carbocycles. The third kappa shape index (κ3) is 4.24. The van der Waals surface area contributed by atoms with Gasteiger partial charge in [0.15, 0.2) is 0 Å². The molecule has 4 nitrogen and oxygen atoms in total. The molecule has 0 unspecified atom stereocenters. The first-order chi connectivity index (χ1) is 8.70. The van der Waals surface area contributed by atoms with Crippen LogP contribution in [0.1, 0.15) is 16.1 Å². The Morgan fingerprint density at radius 3 is 2.74 bits per heavy atom. The van der Waals surface area contributed by atoms with E-state index in [0.717, 1.165) is 5.69 Å². The van der Waals surface area contributed by atoms with Crippen LogP contribution < -0.4 is 10.9 Å². The molecule has 102 valence electrons. The highest BCUT2D eigenvalue weighted by molar-refractivity contribution is 7.13. The van der Waals surface area contributed by atoms with E-state index >= 15 is 0 Å². The number of anilines is 1. The van der Waals surface area contributed by atoms with Gasteiger partial charge in [0, 0.05) is 5.38 Å². The van der Waals surface area contributed by atoms with Crippen molar-refractivity contribution in [2.45, 2.75) is 5.88 Å². The number of aromatic nitrogens is 1. The molecule has 0 saturated carbocycles. The van der Waals surface area contributed by atoms with Crippen molar-refractivity contribution in [1.82, 2.24) is 10.4 Å². The van der Waals surface area contributed by atoms with Gasteiger partial charge in [0.1, 0.15) is 0 Å². The van der Waals surface area contributed by atoms with Crippen molar-refractivity contribution in [1.29, 1.82) is 0 Å². The van der Waals surface area contributed by atoms with Crippen LogP contribution in [-0.2, 0) is 5.88 Å². The first kappa shape index (κ1) is 16.0. The van der Waals surface area contributed by atoms with Gasteiger partial charge in [0.05, 0.1) is 22.2 Å². The van der Waals surface area contributed by atoms with Gasteiger partial charge in [0.25, 0.3) is 5.91 Å². The second kappa shape index (κ2) is 7.55. The van der Waals surface area contributed by atoms with Crippen molar-refractivity contribution in [3.8, 4) is 0 Å². The van der Waals surface area contributed by atoms with Gasteiger partial charge in [-0.05, 0) is 12.1 Å². The Bertz CT molecular complexity index is 562. The number of hydrogen-bond donors (Lipinski definition) is 2. The van der Waals surface area contributed by atoms with E-state index in [0.29, 0.717) is 21.6 Å². The lowest BCUT2D eigenvalue weighted by molar-refractivity contribution is 0.0963. The number of carbonyl (C=O) groups excluding carboxylic acids is 1. The normalized spacial score (nSPS) is 9.58. The van der Waals surface area contributed by atoms with E-state index in [1.54, 1.807) is 24.3 Å². The van der Waals surface area contributed by atoms with E-state index in [4.69, 9.17) is 23.2 Å². The van der Waals surface area contributed by atoms with Crippen molar-refractivity contribution in [3.63, 3.8) is 0 Å². The molecule has 2 rings (SSSR count). The number of halogens is 3. The molecule has 1 aromatic heterocycles. The topological polar surface area (TPSA) is 54.0 Å². The molecule has 1 aromatic carbocycles.